The number of carbonyl (C=O) groups is 2. The number of ether oxygens (including phenoxy) is 1. The number of hydrogen-bond donors (Lipinski definition) is 1. The van der Waals surface area contributed by atoms with Crippen LogP contribution in [0.4, 0.5) is 0 Å². The van der Waals surface area contributed by atoms with Gasteiger partial charge < -0.3 is 14.7 Å². The number of carboxylic acid groups (broad SMARTS) is 1. The van der Waals surface area contributed by atoms with E-state index in [9.17, 15) is 9.59 Å². The number of likely N-dealkylation sites (tertiary alicyclic amines) is 1. The van der Waals surface area contributed by atoms with Crippen LogP contribution in [0.3, 0.4) is 0 Å². The number of amides is 1. The molecule has 5 heteroatoms. The molecule has 0 saturated carbocycles. The van der Waals surface area contributed by atoms with Crippen molar-refractivity contribution in [1.29, 1.82) is 0 Å². The van der Waals surface area contributed by atoms with Gasteiger partial charge in [-0.25, -0.2) is 4.79 Å². The van der Waals surface area contributed by atoms with Crippen molar-refractivity contribution < 1.29 is 19.4 Å². The molecule has 1 heterocycles. The molecular formula is C10H15NO4. The molecule has 0 radical (unpaired) electrons. The van der Waals surface area contributed by atoms with Gasteiger partial charge in [-0.05, 0) is 12.8 Å². The second-order valence-corrected chi connectivity index (χ2v) is 3.43. The van der Waals surface area contributed by atoms with Crippen molar-refractivity contribution in [1.82, 2.24) is 4.90 Å². The van der Waals surface area contributed by atoms with Crippen LogP contribution in [-0.2, 0) is 14.3 Å². The summed E-state index contributed by atoms with van der Waals surface area (Å²) in [6.45, 7) is 1.25. The Hall–Kier alpha value is -1.36. The number of carboxylic acids is 1. The first kappa shape index (κ1) is 11.7. The number of rotatable bonds is 3. The van der Waals surface area contributed by atoms with E-state index in [1.807, 2.05) is 0 Å². The fraction of sp³-hybridized carbons (Fsp3) is 0.600. The van der Waals surface area contributed by atoms with Gasteiger partial charge in [0.15, 0.2) is 0 Å². The van der Waals surface area contributed by atoms with Crippen LogP contribution in [0.25, 0.3) is 0 Å². The van der Waals surface area contributed by atoms with Crippen LogP contribution < -0.4 is 0 Å². The summed E-state index contributed by atoms with van der Waals surface area (Å²) < 4.78 is 5.17. The summed E-state index contributed by atoms with van der Waals surface area (Å²) in [7, 11) is 1.66. The van der Waals surface area contributed by atoms with E-state index in [1.165, 1.54) is 0 Å². The number of nitrogens with zero attached hydrogens (tertiary/aromatic N) is 1. The lowest BCUT2D eigenvalue weighted by Gasteiger charge is -2.30. The van der Waals surface area contributed by atoms with Gasteiger partial charge in [0.2, 0.25) is 5.91 Å². The van der Waals surface area contributed by atoms with Crippen molar-refractivity contribution >= 4 is 11.9 Å². The first-order valence-corrected chi connectivity index (χ1v) is 4.86. The maximum Gasteiger partial charge on any atom is 0.328 e. The molecule has 0 bridgehead atoms. The molecule has 0 aromatic carbocycles. The SMILES string of the molecule is COC1CCN(C(=O)/C=C/C(=O)O)CC1. The van der Waals surface area contributed by atoms with Gasteiger partial charge in [0, 0.05) is 32.4 Å². The maximum absolute atomic E-state index is 11.4. The zero-order valence-electron chi connectivity index (χ0n) is 8.68. The summed E-state index contributed by atoms with van der Waals surface area (Å²) in [6, 6.07) is 0. The second kappa shape index (κ2) is 5.50. The Bertz CT molecular complexity index is 267. The molecular weight excluding hydrogens is 198 g/mol. The molecule has 0 aromatic heterocycles. The summed E-state index contributed by atoms with van der Waals surface area (Å²) in [4.78, 5) is 23.3. The van der Waals surface area contributed by atoms with Gasteiger partial charge in [0.25, 0.3) is 0 Å². The highest BCUT2D eigenvalue weighted by Gasteiger charge is 2.20. The van der Waals surface area contributed by atoms with Crippen LogP contribution in [0.15, 0.2) is 12.2 Å². The van der Waals surface area contributed by atoms with Gasteiger partial charge in [0.1, 0.15) is 0 Å². The van der Waals surface area contributed by atoms with Crippen LogP contribution in [0.1, 0.15) is 12.8 Å². The van der Waals surface area contributed by atoms with Gasteiger partial charge in [-0.3, -0.25) is 4.79 Å². The molecule has 1 aliphatic heterocycles. The third-order valence-corrected chi connectivity index (χ3v) is 2.46. The number of carbonyl (C=O) groups excluding carboxylic acids is 1. The van der Waals surface area contributed by atoms with E-state index >= 15 is 0 Å². The zero-order chi connectivity index (χ0) is 11.3. The van der Waals surface area contributed by atoms with Crippen molar-refractivity contribution in [3.05, 3.63) is 12.2 Å². The largest absolute Gasteiger partial charge is 0.478 e. The van der Waals surface area contributed by atoms with E-state index in [4.69, 9.17) is 9.84 Å². The number of hydrogen-bond acceptors (Lipinski definition) is 3. The van der Waals surface area contributed by atoms with Crippen molar-refractivity contribution in [2.75, 3.05) is 20.2 Å². The molecule has 0 atom stereocenters. The van der Waals surface area contributed by atoms with Crippen molar-refractivity contribution in [3.8, 4) is 0 Å². The minimum Gasteiger partial charge on any atom is -0.478 e. The fourth-order valence-electron chi connectivity index (χ4n) is 1.56. The van der Waals surface area contributed by atoms with Crippen LogP contribution in [0.5, 0.6) is 0 Å². The van der Waals surface area contributed by atoms with E-state index in [-0.39, 0.29) is 12.0 Å². The topological polar surface area (TPSA) is 66.8 Å². The lowest BCUT2D eigenvalue weighted by molar-refractivity contribution is -0.132. The molecule has 15 heavy (non-hydrogen) atoms. The Kier molecular flexibility index (Phi) is 4.30. The number of piperidine rings is 1. The van der Waals surface area contributed by atoms with E-state index in [0.717, 1.165) is 25.0 Å². The molecule has 1 rings (SSSR count). The lowest BCUT2D eigenvalue weighted by Crippen LogP contribution is -2.39. The van der Waals surface area contributed by atoms with Crippen molar-refractivity contribution in [2.24, 2.45) is 0 Å². The molecule has 84 valence electrons. The molecule has 5 nitrogen and oxygen atoms in total. The number of aliphatic carboxylic acids is 1. The standard InChI is InChI=1S/C10H15NO4/c1-15-8-4-6-11(7-5-8)9(12)2-3-10(13)14/h2-3,8H,4-7H2,1H3,(H,13,14)/b3-2+. The molecule has 0 aliphatic carbocycles. The molecule has 0 spiro atoms. The van der Waals surface area contributed by atoms with Gasteiger partial charge >= 0.3 is 5.97 Å². The van der Waals surface area contributed by atoms with E-state index in [0.29, 0.717) is 13.1 Å². The van der Waals surface area contributed by atoms with E-state index < -0.39 is 5.97 Å². The van der Waals surface area contributed by atoms with Gasteiger partial charge in [-0.1, -0.05) is 0 Å². The summed E-state index contributed by atoms with van der Waals surface area (Å²) in [6.07, 6.45) is 3.80. The van der Waals surface area contributed by atoms with Crippen LogP contribution in [0.2, 0.25) is 0 Å². The Balaban J connectivity index is 2.39. The molecule has 1 N–H and O–H groups in total. The Morgan fingerprint density at radius 3 is 2.40 bits per heavy atom. The molecule has 1 saturated heterocycles. The van der Waals surface area contributed by atoms with Gasteiger partial charge in [0.05, 0.1) is 6.10 Å². The summed E-state index contributed by atoms with van der Waals surface area (Å²) >= 11 is 0. The first-order valence-electron chi connectivity index (χ1n) is 4.86. The van der Waals surface area contributed by atoms with E-state index in [2.05, 4.69) is 0 Å². The minimum atomic E-state index is -1.10. The predicted molar refractivity (Wildman–Crippen MR) is 53.4 cm³/mol. The summed E-state index contributed by atoms with van der Waals surface area (Å²) in [5, 5.41) is 8.36. The normalized spacial score (nSPS) is 18.3. The molecule has 0 unspecified atom stereocenters. The highest BCUT2D eigenvalue weighted by molar-refractivity contribution is 5.93. The van der Waals surface area contributed by atoms with Crippen LogP contribution in [0, 0.1) is 0 Å². The highest BCUT2D eigenvalue weighted by Crippen LogP contribution is 2.12. The smallest absolute Gasteiger partial charge is 0.328 e. The first-order chi connectivity index (χ1) is 7.13. The average molecular weight is 213 g/mol. The molecule has 0 aromatic rings. The molecule has 1 amide bonds. The third kappa shape index (κ3) is 3.71. The highest BCUT2D eigenvalue weighted by atomic mass is 16.5. The van der Waals surface area contributed by atoms with Crippen molar-refractivity contribution in [3.63, 3.8) is 0 Å². The van der Waals surface area contributed by atoms with Crippen molar-refractivity contribution in [2.45, 2.75) is 18.9 Å². The lowest BCUT2D eigenvalue weighted by atomic mass is 10.1. The fourth-order valence-corrected chi connectivity index (χ4v) is 1.56. The summed E-state index contributed by atoms with van der Waals surface area (Å²) in [5.41, 5.74) is 0. The molecule has 1 fully saturated rings. The van der Waals surface area contributed by atoms with E-state index in [1.54, 1.807) is 12.0 Å². The zero-order valence-corrected chi connectivity index (χ0v) is 8.68. The van der Waals surface area contributed by atoms with Gasteiger partial charge in [-0.2, -0.15) is 0 Å². The molecule has 1 aliphatic rings. The number of methoxy groups -OCH3 is 1. The predicted octanol–water partition coefficient (Wildman–Crippen LogP) is 0.265. The third-order valence-electron chi connectivity index (χ3n) is 2.46. The quantitative estimate of drug-likeness (QED) is 0.683. The van der Waals surface area contributed by atoms with Crippen LogP contribution in [-0.4, -0.2) is 48.2 Å². The average Bonchev–Trinajstić information content (AvgIpc) is 2.26. The van der Waals surface area contributed by atoms with Crippen LogP contribution >= 0.6 is 0 Å². The summed E-state index contributed by atoms with van der Waals surface area (Å²) in [5.74, 6) is -1.35. The Morgan fingerprint density at radius 1 is 1.33 bits per heavy atom. The second-order valence-electron chi connectivity index (χ2n) is 3.43. The Morgan fingerprint density at radius 2 is 1.93 bits per heavy atom. The van der Waals surface area contributed by atoms with Gasteiger partial charge in [-0.15, -0.1) is 0 Å². The monoisotopic (exact) mass is 213 g/mol. The minimum absolute atomic E-state index is 0.220. The maximum atomic E-state index is 11.4. The Labute approximate surface area is 88.3 Å².